The second-order valence-electron chi connectivity index (χ2n) is 7.42. The number of aryl methyl sites for hydroxylation is 1. The predicted octanol–water partition coefficient (Wildman–Crippen LogP) is 2.99. The van der Waals surface area contributed by atoms with Gasteiger partial charge in [0.25, 0.3) is 5.91 Å². The number of rotatable bonds is 8. The number of benzene rings is 2. The first kappa shape index (κ1) is 20.6. The Labute approximate surface area is 178 Å². The van der Waals surface area contributed by atoms with E-state index in [0.717, 1.165) is 23.9 Å². The van der Waals surface area contributed by atoms with Gasteiger partial charge in [-0.25, -0.2) is 4.39 Å². The lowest BCUT2D eigenvalue weighted by Crippen LogP contribution is -2.26. The van der Waals surface area contributed by atoms with E-state index in [1.807, 2.05) is 4.90 Å². The molecule has 2 heterocycles. The number of halogens is 1. The molecule has 162 valence electrons. The Hall–Kier alpha value is -3.62. The molecule has 3 aromatic rings. The number of carbonyl (C=O) groups is 2. The van der Waals surface area contributed by atoms with Crippen LogP contribution in [-0.2, 0) is 11.8 Å². The standard InChI is InChI=1S/C22H23FN4O4/c1-26-18-12-20(16(22(24)29)10-14(18)13-25-26)31-19-6-5-15(11-17(19)23)30-9-3-8-27-7-2-4-21(27)28/h5-6,10-13H,2-4,7-9H2,1H3,(H2,24,29). The summed E-state index contributed by atoms with van der Waals surface area (Å²) < 4.78 is 27.5. The van der Waals surface area contributed by atoms with Crippen molar-refractivity contribution in [2.45, 2.75) is 19.3 Å². The van der Waals surface area contributed by atoms with Crippen LogP contribution in [0.15, 0.2) is 36.5 Å². The van der Waals surface area contributed by atoms with Crippen LogP contribution in [0, 0.1) is 5.82 Å². The summed E-state index contributed by atoms with van der Waals surface area (Å²) >= 11 is 0. The number of amides is 2. The van der Waals surface area contributed by atoms with Crippen LogP contribution < -0.4 is 15.2 Å². The molecule has 0 radical (unpaired) electrons. The zero-order valence-corrected chi connectivity index (χ0v) is 17.1. The van der Waals surface area contributed by atoms with Gasteiger partial charge in [0.05, 0.1) is 23.9 Å². The predicted molar refractivity (Wildman–Crippen MR) is 112 cm³/mol. The molecule has 1 saturated heterocycles. The zero-order valence-electron chi connectivity index (χ0n) is 17.1. The second-order valence-corrected chi connectivity index (χ2v) is 7.42. The van der Waals surface area contributed by atoms with Crippen LogP contribution in [0.2, 0.25) is 0 Å². The van der Waals surface area contributed by atoms with E-state index in [1.54, 1.807) is 36.1 Å². The van der Waals surface area contributed by atoms with Crippen LogP contribution in [0.1, 0.15) is 29.6 Å². The molecule has 9 heteroatoms. The van der Waals surface area contributed by atoms with Crippen LogP contribution in [0.5, 0.6) is 17.2 Å². The van der Waals surface area contributed by atoms with E-state index >= 15 is 0 Å². The molecule has 0 spiro atoms. The normalized spacial score (nSPS) is 13.7. The third kappa shape index (κ3) is 4.45. The van der Waals surface area contributed by atoms with Crippen molar-refractivity contribution in [3.63, 3.8) is 0 Å². The van der Waals surface area contributed by atoms with Gasteiger partial charge in [0.1, 0.15) is 11.5 Å². The average Bonchev–Trinajstić information content (AvgIpc) is 3.31. The minimum absolute atomic E-state index is 0.0565. The van der Waals surface area contributed by atoms with E-state index in [0.29, 0.717) is 31.7 Å². The second kappa shape index (κ2) is 8.63. The van der Waals surface area contributed by atoms with Crippen LogP contribution in [0.4, 0.5) is 4.39 Å². The molecule has 2 N–H and O–H groups in total. The number of likely N-dealkylation sites (tertiary alicyclic amines) is 1. The van der Waals surface area contributed by atoms with Crippen molar-refractivity contribution in [2.24, 2.45) is 12.8 Å². The molecule has 2 aromatic carbocycles. The summed E-state index contributed by atoms with van der Waals surface area (Å²) in [5.41, 5.74) is 6.32. The third-order valence-electron chi connectivity index (χ3n) is 5.25. The van der Waals surface area contributed by atoms with Gasteiger partial charge in [-0.15, -0.1) is 0 Å². The summed E-state index contributed by atoms with van der Waals surface area (Å²) in [5, 5.41) is 4.86. The van der Waals surface area contributed by atoms with Crippen molar-refractivity contribution in [3.05, 3.63) is 47.9 Å². The summed E-state index contributed by atoms with van der Waals surface area (Å²) in [4.78, 5) is 25.3. The molecule has 8 nitrogen and oxygen atoms in total. The van der Waals surface area contributed by atoms with Crippen molar-refractivity contribution in [3.8, 4) is 17.2 Å². The minimum atomic E-state index is -0.683. The zero-order chi connectivity index (χ0) is 22.0. The van der Waals surface area contributed by atoms with Crippen LogP contribution >= 0.6 is 0 Å². The molecule has 1 aliphatic heterocycles. The first-order chi connectivity index (χ1) is 14.9. The van der Waals surface area contributed by atoms with Crippen molar-refractivity contribution in [1.82, 2.24) is 14.7 Å². The molecule has 0 atom stereocenters. The molecule has 0 saturated carbocycles. The Balaban J connectivity index is 1.43. The molecular formula is C22H23FN4O4. The SMILES string of the molecule is Cn1ncc2cc(C(N)=O)c(Oc3ccc(OCCCN4CCCC4=O)cc3F)cc21. The molecule has 1 fully saturated rings. The van der Waals surface area contributed by atoms with E-state index < -0.39 is 11.7 Å². The van der Waals surface area contributed by atoms with E-state index in [4.69, 9.17) is 15.2 Å². The molecule has 2 amide bonds. The monoisotopic (exact) mass is 426 g/mol. The van der Waals surface area contributed by atoms with Crippen LogP contribution in [0.3, 0.4) is 0 Å². The highest BCUT2D eigenvalue weighted by Gasteiger charge is 2.19. The highest BCUT2D eigenvalue weighted by atomic mass is 19.1. The quantitative estimate of drug-likeness (QED) is 0.558. The third-order valence-corrected chi connectivity index (χ3v) is 5.25. The Morgan fingerprint density at radius 2 is 2.10 bits per heavy atom. The summed E-state index contributed by atoms with van der Waals surface area (Å²) in [7, 11) is 1.75. The summed E-state index contributed by atoms with van der Waals surface area (Å²) in [6.07, 6.45) is 3.78. The van der Waals surface area contributed by atoms with Crippen molar-refractivity contribution < 1.29 is 23.5 Å². The minimum Gasteiger partial charge on any atom is -0.493 e. The van der Waals surface area contributed by atoms with E-state index in [9.17, 15) is 14.0 Å². The van der Waals surface area contributed by atoms with Gasteiger partial charge in [-0.1, -0.05) is 0 Å². The van der Waals surface area contributed by atoms with Crippen molar-refractivity contribution in [2.75, 3.05) is 19.7 Å². The smallest absolute Gasteiger partial charge is 0.252 e. The van der Waals surface area contributed by atoms with E-state index in [1.165, 1.54) is 12.1 Å². The fourth-order valence-corrected chi connectivity index (χ4v) is 3.62. The average molecular weight is 426 g/mol. The highest BCUT2D eigenvalue weighted by Crippen LogP contribution is 2.32. The van der Waals surface area contributed by atoms with Crippen molar-refractivity contribution in [1.29, 1.82) is 0 Å². The maximum Gasteiger partial charge on any atom is 0.252 e. The lowest BCUT2D eigenvalue weighted by atomic mass is 10.1. The molecule has 1 aromatic heterocycles. The first-order valence-corrected chi connectivity index (χ1v) is 10.1. The Bertz CT molecular complexity index is 1140. The van der Waals surface area contributed by atoms with Gasteiger partial charge in [-0.2, -0.15) is 5.10 Å². The molecule has 4 rings (SSSR count). The van der Waals surface area contributed by atoms with Gasteiger partial charge in [-0.05, 0) is 31.0 Å². The summed E-state index contributed by atoms with van der Waals surface area (Å²) in [6, 6.07) is 7.42. The highest BCUT2D eigenvalue weighted by molar-refractivity contribution is 6.00. The van der Waals surface area contributed by atoms with Gasteiger partial charge in [-0.3, -0.25) is 14.3 Å². The number of nitrogens with zero attached hydrogens (tertiary/aromatic N) is 3. The number of hydrogen-bond donors (Lipinski definition) is 1. The van der Waals surface area contributed by atoms with Crippen molar-refractivity contribution >= 4 is 22.7 Å². The van der Waals surface area contributed by atoms with Crippen LogP contribution in [0.25, 0.3) is 10.9 Å². The van der Waals surface area contributed by atoms with Gasteiger partial charge in [0, 0.05) is 44.1 Å². The molecule has 1 aliphatic rings. The van der Waals surface area contributed by atoms with Gasteiger partial charge < -0.3 is 20.1 Å². The maximum absolute atomic E-state index is 14.6. The molecular weight excluding hydrogens is 403 g/mol. The van der Waals surface area contributed by atoms with Gasteiger partial charge >= 0.3 is 0 Å². The Morgan fingerprint density at radius 1 is 1.26 bits per heavy atom. The lowest BCUT2D eigenvalue weighted by molar-refractivity contribution is -0.127. The number of aromatic nitrogens is 2. The summed E-state index contributed by atoms with van der Waals surface area (Å²) in [5.74, 6) is -0.696. The van der Waals surface area contributed by atoms with Gasteiger partial charge in [0.2, 0.25) is 5.91 Å². The first-order valence-electron chi connectivity index (χ1n) is 10.1. The summed E-state index contributed by atoms with van der Waals surface area (Å²) in [6.45, 7) is 1.79. The molecule has 0 aliphatic carbocycles. The van der Waals surface area contributed by atoms with Crippen LogP contribution in [-0.4, -0.2) is 46.2 Å². The number of ether oxygens (including phenoxy) is 2. The Kier molecular flexibility index (Phi) is 5.75. The van der Waals surface area contributed by atoms with E-state index in [-0.39, 0.29) is 23.0 Å². The fourth-order valence-electron chi connectivity index (χ4n) is 3.62. The number of primary amides is 1. The number of nitrogens with two attached hydrogens (primary N) is 1. The number of hydrogen-bond acceptors (Lipinski definition) is 5. The topological polar surface area (TPSA) is 99.7 Å². The molecule has 0 unspecified atom stereocenters. The van der Waals surface area contributed by atoms with E-state index in [2.05, 4.69) is 5.10 Å². The largest absolute Gasteiger partial charge is 0.493 e. The number of carbonyl (C=O) groups excluding carboxylic acids is 2. The fraction of sp³-hybridized carbons (Fsp3) is 0.318. The molecule has 0 bridgehead atoms. The number of fused-ring (bicyclic) bond motifs is 1. The maximum atomic E-state index is 14.6. The Morgan fingerprint density at radius 3 is 2.81 bits per heavy atom. The van der Waals surface area contributed by atoms with Gasteiger partial charge in [0.15, 0.2) is 11.6 Å². The molecule has 31 heavy (non-hydrogen) atoms. The lowest BCUT2D eigenvalue weighted by Gasteiger charge is -2.15.